The molecule has 0 saturated carbocycles. The van der Waals surface area contributed by atoms with Crippen LogP contribution in [0, 0.1) is 0 Å². The van der Waals surface area contributed by atoms with Gasteiger partial charge in [0.2, 0.25) is 5.91 Å². The van der Waals surface area contributed by atoms with Crippen LogP contribution in [0.25, 0.3) is 0 Å². The molecule has 7 heteroatoms. The van der Waals surface area contributed by atoms with Crippen molar-refractivity contribution in [3.63, 3.8) is 0 Å². The van der Waals surface area contributed by atoms with Gasteiger partial charge in [0, 0.05) is 19.2 Å². The van der Waals surface area contributed by atoms with Crippen molar-refractivity contribution in [1.29, 1.82) is 0 Å². The molecule has 160 valence electrons. The lowest BCUT2D eigenvalue weighted by atomic mass is 10.3. The third-order valence-electron chi connectivity index (χ3n) is 3.68. The smallest absolute Gasteiger partial charge is 0.221 e. The van der Waals surface area contributed by atoms with E-state index in [-0.39, 0.29) is 5.91 Å². The fourth-order valence-electron chi connectivity index (χ4n) is 2.27. The normalized spacial score (nSPS) is 10.8. The molecule has 0 bridgehead atoms. The zero-order chi connectivity index (χ0) is 20.3. The largest absolute Gasteiger partial charge is 0.491 e. The van der Waals surface area contributed by atoms with Crippen LogP contribution in [0.5, 0.6) is 5.75 Å². The van der Waals surface area contributed by atoms with Gasteiger partial charge in [0.25, 0.3) is 0 Å². The lowest BCUT2D eigenvalue weighted by Crippen LogP contribution is -2.14. The summed E-state index contributed by atoms with van der Waals surface area (Å²) >= 11 is 0. The quantitative estimate of drug-likeness (QED) is 0.383. The third kappa shape index (κ3) is 14.4. The average Bonchev–Trinajstić information content (AvgIpc) is 2.68. The molecule has 1 aromatic rings. The van der Waals surface area contributed by atoms with E-state index in [1.807, 2.05) is 12.1 Å². The van der Waals surface area contributed by atoms with Crippen molar-refractivity contribution in [2.75, 3.05) is 64.8 Å². The summed E-state index contributed by atoms with van der Waals surface area (Å²) in [5, 5.41) is 2.71. The Morgan fingerprint density at radius 3 is 1.75 bits per heavy atom. The number of carbonyl (C=O) groups is 1. The van der Waals surface area contributed by atoms with Crippen LogP contribution in [0.15, 0.2) is 24.3 Å². The SMILES string of the molecule is CCCCCOCCOCCOCCOCCOc1ccc(NC(C)=O)cc1. The molecule has 0 aromatic heterocycles. The predicted molar refractivity (Wildman–Crippen MR) is 109 cm³/mol. The summed E-state index contributed by atoms with van der Waals surface area (Å²) < 4.78 is 27.3. The maximum atomic E-state index is 11.0. The number of carbonyl (C=O) groups excluding carboxylic acids is 1. The van der Waals surface area contributed by atoms with Gasteiger partial charge in [0.15, 0.2) is 0 Å². The van der Waals surface area contributed by atoms with Crippen LogP contribution in [0.3, 0.4) is 0 Å². The van der Waals surface area contributed by atoms with E-state index in [1.54, 1.807) is 12.1 Å². The summed E-state index contributed by atoms with van der Waals surface area (Å²) in [7, 11) is 0. The summed E-state index contributed by atoms with van der Waals surface area (Å²) in [5.74, 6) is 0.642. The van der Waals surface area contributed by atoms with Gasteiger partial charge in [-0.05, 0) is 30.7 Å². The van der Waals surface area contributed by atoms with E-state index in [9.17, 15) is 4.79 Å². The van der Waals surface area contributed by atoms with Crippen LogP contribution >= 0.6 is 0 Å². The molecule has 0 aliphatic carbocycles. The number of hydrogen-bond donors (Lipinski definition) is 1. The molecule has 0 fully saturated rings. The van der Waals surface area contributed by atoms with Gasteiger partial charge in [0.1, 0.15) is 12.4 Å². The number of unbranched alkanes of at least 4 members (excludes halogenated alkanes) is 2. The standard InChI is InChI=1S/C21H35NO6/c1-3-4-5-10-24-11-12-25-13-14-26-15-16-27-17-18-28-21-8-6-20(7-9-21)22-19(2)23/h6-9H,3-5,10-18H2,1-2H3,(H,22,23). The molecule has 0 aliphatic heterocycles. The van der Waals surface area contributed by atoms with E-state index in [0.717, 1.165) is 24.5 Å². The highest BCUT2D eigenvalue weighted by Crippen LogP contribution is 2.15. The van der Waals surface area contributed by atoms with Gasteiger partial charge < -0.3 is 29.0 Å². The fraction of sp³-hybridized carbons (Fsp3) is 0.667. The number of benzene rings is 1. The first-order valence-electron chi connectivity index (χ1n) is 10.0. The number of nitrogens with one attached hydrogen (secondary N) is 1. The van der Waals surface area contributed by atoms with Crippen molar-refractivity contribution in [2.45, 2.75) is 33.1 Å². The van der Waals surface area contributed by atoms with Crippen LogP contribution in [0.1, 0.15) is 33.1 Å². The summed E-state index contributed by atoms with van der Waals surface area (Å²) in [6.07, 6.45) is 3.55. The zero-order valence-electron chi connectivity index (χ0n) is 17.2. The van der Waals surface area contributed by atoms with Crippen molar-refractivity contribution in [1.82, 2.24) is 0 Å². The Labute approximate surface area is 168 Å². The maximum absolute atomic E-state index is 11.0. The lowest BCUT2D eigenvalue weighted by Gasteiger charge is -2.09. The Bertz CT molecular complexity index is 494. The van der Waals surface area contributed by atoms with E-state index in [2.05, 4.69) is 12.2 Å². The first-order chi connectivity index (χ1) is 13.7. The number of amides is 1. The van der Waals surface area contributed by atoms with Gasteiger partial charge in [-0.15, -0.1) is 0 Å². The van der Waals surface area contributed by atoms with Crippen LogP contribution in [-0.2, 0) is 23.7 Å². The molecular weight excluding hydrogens is 362 g/mol. The molecule has 0 aliphatic rings. The van der Waals surface area contributed by atoms with Gasteiger partial charge in [-0.2, -0.15) is 0 Å². The molecule has 1 rings (SSSR count). The Morgan fingerprint density at radius 1 is 0.750 bits per heavy atom. The fourth-order valence-corrected chi connectivity index (χ4v) is 2.27. The highest BCUT2D eigenvalue weighted by Gasteiger charge is 1.98. The molecule has 0 spiro atoms. The van der Waals surface area contributed by atoms with Gasteiger partial charge in [-0.3, -0.25) is 4.79 Å². The Morgan fingerprint density at radius 2 is 1.25 bits per heavy atom. The topological polar surface area (TPSA) is 75.2 Å². The van der Waals surface area contributed by atoms with Crippen molar-refractivity contribution in [3.05, 3.63) is 24.3 Å². The van der Waals surface area contributed by atoms with Gasteiger partial charge in [-0.1, -0.05) is 19.8 Å². The number of anilines is 1. The number of hydrogen-bond acceptors (Lipinski definition) is 6. The van der Waals surface area contributed by atoms with Crippen molar-refractivity contribution < 1.29 is 28.5 Å². The summed E-state index contributed by atoms with van der Waals surface area (Å²) in [6.45, 7) is 8.83. The molecular formula is C21H35NO6. The number of ether oxygens (including phenoxy) is 5. The second kappa shape index (κ2) is 17.4. The van der Waals surface area contributed by atoms with Gasteiger partial charge >= 0.3 is 0 Å². The average molecular weight is 398 g/mol. The molecule has 0 saturated heterocycles. The highest BCUT2D eigenvalue weighted by molar-refractivity contribution is 5.88. The minimum Gasteiger partial charge on any atom is -0.491 e. The van der Waals surface area contributed by atoms with Gasteiger partial charge in [-0.25, -0.2) is 0 Å². The van der Waals surface area contributed by atoms with E-state index in [1.165, 1.54) is 19.8 Å². The van der Waals surface area contributed by atoms with Crippen LogP contribution in [0.4, 0.5) is 5.69 Å². The monoisotopic (exact) mass is 397 g/mol. The van der Waals surface area contributed by atoms with Gasteiger partial charge in [0.05, 0.1) is 46.2 Å². The zero-order valence-corrected chi connectivity index (χ0v) is 17.2. The highest BCUT2D eigenvalue weighted by atomic mass is 16.6. The predicted octanol–water partition coefficient (Wildman–Crippen LogP) is 3.28. The van der Waals surface area contributed by atoms with Crippen molar-refractivity contribution in [2.24, 2.45) is 0 Å². The Kier molecular flexibility index (Phi) is 15.2. The molecule has 0 unspecified atom stereocenters. The third-order valence-corrected chi connectivity index (χ3v) is 3.68. The van der Waals surface area contributed by atoms with E-state index in [0.29, 0.717) is 52.9 Å². The minimum absolute atomic E-state index is 0.0947. The Balaban J connectivity index is 1.82. The van der Waals surface area contributed by atoms with E-state index < -0.39 is 0 Å². The van der Waals surface area contributed by atoms with E-state index in [4.69, 9.17) is 23.7 Å². The summed E-state index contributed by atoms with van der Waals surface area (Å²) in [6, 6.07) is 7.22. The van der Waals surface area contributed by atoms with Crippen molar-refractivity contribution in [3.8, 4) is 5.75 Å². The minimum atomic E-state index is -0.0947. The second-order valence-electron chi connectivity index (χ2n) is 6.21. The lowest BCUT2D eigenvalue weighted by molar-refractivity contribution is -0.114. The second-order valence-corrected chi connectivity index (χ2v) is 6.21. The van der Waals surface area contributed by atoms with E-state index >= 15 is 0 Å². The summed E-state index contributed by atoms with van der Waals surface area (Å²) in [4.78, 5) is 11.0. The molecule has 7 nitrogen and oxygen atoms in total. The molecule has 0 heterocycles. The Hall–Kier alpha value is -1.67. The molecule has 0 radical (unpaired) electrons. The first-order valence-corrected chi connectivity index (χ1v) is 10.0. The first kappa shape index (κ1) is 24.4. The van der Waals surface area contributed by atoms with Crippen LogP contribution in [-0.4, -0.2) is 65.4 Å². The molecule has 28 heavy (non-hydrogen) atoms. The van der Waals surface area contributed by atoms with Crippen molar-refractivity contribution >= 4 is 11.6 Å². The molecule has 0 atom stereocenters. The molecule has 1 N–H and O–H groups in total. The number of rotatable bonds is 18. The maximum Gasteiger partial charge on any atom is 0.221 e. The van der Waals surface area contributed by atoms with Crippen LogP contribution in [0.2, 0.25) is 0 Å². The molecule has 1 aromatic carbocycles. The molecule has 1 amide bonds. The summed E-state index contributed by atoms with van der Waals surface area (Å²) in [5.41, 5.74) is 0.747. The van der Waals surface area contributed by atoms with Crippen LogP contribution < -0.4 is 10.1 Å².